The summed E-state index contributed by atoms with van der Waals surface area (Å²) < 4.78 is 58.0. The molecule has 23 nitrogen and oxygen atoms in total. The molecule has 0 aromatic heterocycles. The first-order valence-corrected chi connectivity index (χ1v) is 30.0. The number of unbranched alkanes of at least 4 members (excludes halogenated alkanes) is 21. The van der Waals surface area contributed by atoms with Gasteiger partial charge in [0.2, 0.25) is 0 Å². The van der Waals surface area contributed by atoms with Gasteiger partial charge in [0.25, 0.3) is 0 Å². The standard InChI is InChI=1S/C53H97O23P/c1-3-5-7-9-11-13-15-16-17-18-20-22-24-26-28-30-39(57)71-35(33-69-38(56)29-27-25-23-21-19-14-12-10-8-6-4-2)34-70-77(67,68)76-51-49(74-52-47(65)42(60)40(58)36(31-54)72-52)45(63)44(62)46(64)50(51)75-53-48(66)43(61)41(59)37(32-55)73-53/h13,15,35-37,40-55,58-66H,3-12,14,16-34H2,1-2H3,(H,67,68)/b15-13-. The number of rotatable bonds is 41. The van der Waals surface area contributed by atoms with Gasteiger partial charge >= 0.3 is 19.8 Å². The number of aliphatic hydroxyl groups is 11. The lowest BCUT2D eigenvalue weighted by molar-refractivity contribution is -0.360. The third-order valence-electron chi connectivity index (χ3n) is 14.3. The fraction of sp³-hybridized carbons (Fsp3) is 0.925. The van der Waals surface area contributed by atoms with Crippen molar-refractivity contribution in [2.24, 2.45) is 0 Å². The van der Waals surface area contributed by atoms with Gasteiger partial charge in [0.1, 0.15) is 92.1 Å². The van der Waals surface area contributed by atoms with E-state index < -0.39 is 150 Å². The summed E-state index contributed by atoms with van der Waals surface area (Å²) in [6.07, 6.45) is -5.03. The second-order valence-electron chi connectivity index (χ2n) is 20.8. The van der Waals surface area contributed by atoms with Crippen LogP contribution in [0.5, 0.6) is 0 Å². The van der Waals surface area contributed by atoms with Gasteiger partial charge in [-0.1, -0.05) is 142 Å². The molecule has 3 aliphatic rings. The third-order valence-corrected chi connectivity index (χ3v) is 15.3. The monoisotopic (exact) mass is 1130 g/mol. The van der Waals surface area contributed by atoms with Crippen LogP contribution in [0.2, 0.25) is 0 Å². The summed E-state index contributed by atoms with van der Waals surface area (Å²) in [5.41, 5.74) is 0. The number of carbonyl (C=O) groups excluding carboxylic acids is 2. The number of allylic oxidation sites excluding steroid dienone is 2. The van der Waals surface area contributed by atoms with Gasteiger partial charge in [-0.25, -0.2) is 4.57 Å². The lowest BCUT2D eigenvalue weighted by Gasteiger charge is -2.49. The van der Waals surface area contributed by atoms with Crippen LogP contribution in [0, 0.1) is 0 Å². The molecular weight excluding hydrogens is 1040 g/mol. The van der Waals surface area contributed by atoms with Crippen LogP contribution < -0.4 is 0 Å². The highest BCUT2D eigenvalue weighted by Gasteiger charge is 2.58. The Morgan fingerprint density at radius 3 is 1.29 bits per heavy atom. The van der Waals surface area contributed by atoms with Crippen LogP contribution >= 0.6 is 7.82 Å². The van der Waals surface area contributed by atoms with Gasteiger partial charge in [-0.15, -0.1) is 0 Å². The Balaban J connectivity index is 1.72. The number of esters is 2. The van der Waals surface area contributed by atoms with Crippen molar-refractivity contribution in [2.75, 3.05) is 26.4 Å². The maximum atomic E-state index is 14.0. The molecule has 16 atom stereocenters. The molecule has 0 radical (unpaired) electrons. The van der Waals surface area contributed by atoms with Crippen molar-refractivity contribution in [1.82, 2.24) is 0 Å². The SMILES string of the molecule is CCCCCC/C=C\CCCCCCCCCC(=O)OC(COC(=O)CCCCCCCCCCCCC)COP(=O)(O)OC1C(OC2OC(CO)C(O)C(O)C2O)C(O)C(O)C(O)C1OC1OC(CO)C(O)C(O)C1O. The molecule has 2 aliphatic heterocycles. The zero-order valence-electron chi connectivity index (χ0n) is 45.5. The minimum absolute atomic E-state index is 0.0341. The summed E-state index contributed by atoms with van der Waals surface area (Å²) in [7, 11) is -5.63. The highest BCUT2D eigenvalue weighted by molar-refractivity contribution is 7.47. The van der Waals surface area contributed by atoms with Gasteiger partial charge in [-0.2, -0.15) is 0 Å². The van der Waals surface area contributed by atoms with Crippen molar-refractivity contribution in [3.63, 3.8) is 0 Å². The van der Waals surface area contributed by atoms with E-state index in [1.54, 1.807) is 0 Å². The van der Waals surface area contributed by atoms with Gasteiger partial charge in [-0.05, 0) is 38.5 Å². The van der Waals surface area contributed by atoms with Gasteiger partial charge in [-0.3, -0.25) is 18.6 Å². The highest BCUT2D eigenvalue weighted by Crippen LogP contribution is 2.49. The zero-order valence-corrected chi connectivity index (χ0v) is 46.4. The molecular formula is C53H97O23P. The number of phosphoric ester groups is 1. The van der Waals surface area contributed by atoms with Gasteiger partial charge in [0, 0.05) is 12.8 Å². The van der Waals surface area contributed by atoms with Gasteiger partial charge in [0.15, 0.2) is 18.7 Å². The summed E-state index contributed by atoms with van der Waals surface area (Å²) in [6, 6.07) is 0. The third kappa shape index (κ3) is 25.1. The largest absolute Gasteiger partial charge is 0.472 e. The highest BCUT2D eigenvalue weighted by atomic mass is 31.2. The molecule has 0 aromatic carbocycles. The molecule has 0 spiro atoms. The van der Waals surface area contributed by atoms with Crippen molar-refractivity contribution in [3.8, 4) is 0 Å². The van der Waals surface area contributed by atoms with E-state index in [1.165, 1.54) is 57.8 Å². The van der Waals surface area contributed by atoms with Crippen molar-refractivity contribution in [3.05, 3.63) is 12.2 Å². The molecule has 1 aliphatic carbocycles. The molecule has 3 fully saturated rings. The first-order valence-electron chi connectivity index (χ1n) is 28.5. The number of ether oxygens (including phenoxy) is 6. The molecule has 2 heterocycles. The first-order chi connectivity index (χ1) is 36.9. The fourth-order valence-electron chi connectivity index (χ4n) is 9.53. The van der Waals surface area contributed by atoms with E-state index in [0.717, 1.165) is 83.5 Å². The lowest BCUT2D eigenvalue weighted by atomic mass is 9.84. The minimum atomic E-state index is -5.63. The zero-order chi connectivity index (χ0) is 56.8. The average molecular weight is 1130 g/mol. The Labute approximate surface area is 454 Å². The Morgan fingerprint density at radius 1 is 0.481 bits per heavy atom. The van der Waals surface area contributed by atoms with Crippen LogP contribution in [0.1, 0.15) is 181 Å². The Morgan fingerprint density at radius 2 is 0.857 bits per heavy atom. The molecule has 24 heteroatoms. The Bertz CT molecular complexity index is 1590. The molecule has 12 N–H and O–H groups in total. The van der Waals surface area contributed by atoms with E-state index in [2.05, 4.69) is 26.0 Å². The maximum absolute atomic E-state index is 14.0. The molecule has 452 valence electrons. The molecule has 0 aromatic rings. The maximum Gasteiger partial charge on any atom is 0.472 e. The van der Waals surface area contributed by atoms with Crippen LogP contribution in [-0.4, -0.2) is 204 Å². The van der Waals surface area contributed by atoms with E-state index in [9.17, 15) is 75.2 Å². The summed E-state index contributed by atoms with van der Waals surface area (Å²) in [6.45, 7) is 0.970. The van der Waals surface area contributed by atoms with E-state index in [0.29, 0.717) is 12.8 Å². The minimum Gasteiger partial charge on any atom is -0.462 e. The van der Waals surface area contributed by atoms with E-state index in [4.69, 9.17) is 37.5 Å². The fourth-order valence-corrected chi connectivity index (χ4v) is 10.5. The molecule has 16 unspecified atom stereocenters. The second-order valence-corrected chi connectivity index (χ2v) is 22.2. The van der Waals surface area contributed by atoms with Crippen molar-refractivity contribution in [1.29, 1.82) is 0 Å². The lowest BCUT2D eigenvalue weighted by Crippen LogP contribution is -2.69. The van der Waals surface area contributed by atoms with E-state index in [-0.39, 0.29) is 12.8 Å². The van der Waals surface area contributed by atoms with E-state index >= 15 is 0 Å². The van der Waals surface area contributed by atoms with Gasteiger partial charge in [0.05, 0.1) is 19.8 Å². The Kier molecular flexibility index (Phi) is 35.0. The summed E-state index contributed by atoms with van der Waals surface area (Å²) in [4.78, 5) is 37.4. The number of carbonyl (C=O) groups is 2. The second kappa shape index (κ2) is 38.8. The van der Waals surface area contributed by atoms with Crippen LogP contribution in [0.15, 0.2) is 12.2 Å². The molecule has 2 saturated heterocycles. The summed E-state index contributed by atoms with van der Waals surface area (Å²) >= 11 is 0. The number of hydrogen-bond acceptors (Lipinski definition) is 22. The molecule has 77 heavy (non-hydrogen) atoms. The van der Waals surface area contributed by atoms with E-state index in [1.807, 2.05) is 0 Å². The molecule has 1 saturated carbocycles. The number of aliphatic hydroxyl groups excluding tert-OH is 11. The van der Waals surface area contributed by atoms with Gasteiger partial charge < -0.3 is 89.5 Å². The van der Waals surface area contributed by atoms with Crippen LogP contribution in [0.4, 0.5) is 0 Å². The average Bonchev–Trinajstić information content (AvgIpc) is 3.43. The smallest absolute Gasteiger partial charge is 0.462 e. The Hall–Kier alpha value is -1.81. The normalized spacial score (nSPS) is 32.0. The molecule has 0 bridgehead atoms. The molecule has 3 rings (SSSR count). The van der Waals surface area contributed by atoms with Crippen molar-refractivity contribution in [2.45, 2.75) is 285 Å². The van der Waals surface area contributed by atoms with Crippen molar-refractivity contribution < 1.29 is 113 Å². The summed E-state index contributed by atoms with van der Waals surface area (Å²) in [5.74, 6) is -1.34. The van der Waals surface area contributed by atoms with Crippen LogP contribution in [0.25, 0.3) is 0 Å². The van der Waals surface area contributed by atoms with Crippen LogP contribution in [-0.2, 0) is 51.6 Å². The topological polar surface area (TPSA) is 368 Å². The quantitative estimate of drug-likeness (QED) is 0.0181. The molecule has 0 amide bonds. The van der Waals surface area contributed by atoms with Crippen molar-refractivity contribution >= 4 is 19.8 Å². The predicted octanol–water partition coefficient (Wildman–Crippen LogP) is 3.15. The number of hydrogen-bond donors (Lipinski definition) is 12. The van der Waals surface area contributed by atoms with Crippen LogP contribution in [0.3, 0.4) is 0 Å². The first kappa shape index (κ1) is 69.5. The predicted molar refractivity (Wildman–Crippen MR) is 277 cm³/mol. The summed E-state index contributed by atoms with van der Waals surface area (Å²) in [5, 5.41) is 116. The number of phosphoric acid groups is 1.